The van der Waals surface area contributed by atoms with Crippen molar-refractivity contribution in [1.82, 2.24) is 10.2 Å². The third kappa shape index (κ3) is 3.19. The van der Waals surface area contributed by atoms with Crippen LogP contribution in [0.3, 0.4) is 0 Å². The van der Waals surface area contributed by atoms with Crippen LogP contribution < -0.4 is 10.1 Å². The molecule has 1 aliphatic rings. The number of aryl methyl sites for hydroxylation is 1. The molecule has 1 aliphatic carbocycles. The summed E-state index contributed by atoms with van der Waals surface area (Å²) >= 11 is 1.65. The van der Waals surface area contributed by atoms with Crippen molar-refractivity contribution < 1.29 is 4.74 Å². The molecule has 0 saturated heterocycles. The van der Waals surface area contributed by atoms with Gasteiger partial charge in [0.2, 0.25) is 0 Å². The van der Waals surface area contributed by atoms with Crippen LogP contribution in [-0.2, 0) is 12.8 Å². The minimum absolute atomic E-state index is 0.140. The fraction of sp³-hybridized carbons (Fsp3) is 0.333. The molecular weight excluding hydrogens is 342 g/mol. The second kappa shape index (κ2) is 7.08. The lowest BCUT2D eigenvalue weighted by Crippen LogP contribution is -2.07. The van der Waals surface area contributed by atoms with Gasteiger partial charge in [-0.3, -0.25) is 0 Å². The SMILES string of the molecule is CNc1cc(-c2nnc(-c3cccc4c3CCC4)s2)ccc1OC(C)C. The van der Waals surface area contributed by atoms with Crippen molar-refractivity contribution in [3.8, 4) is 26.9 Å². The van der Waals surface area contributed by atoms with Crippen molar-refractivity contribution in [2.45, 2.75) is 39.2 Å². The second-order valence-corrected chi connectivity index (χ2v) is 7.81. The molecule has 0 fully saturated rings. The molecule has 0 aliphatic heterocycles. The molecule has 1 aromatic heterocycles. The first kappa shape index (κ1) is 17.0. The number of aromatic nitrogens is 2. The fourth-order valence-electron chi connectivity index (χ4n) is 3.48. The summed E-state index contributed by atoms with van der Waals surface area (Å²) in [6.07, 6.45) is 3.70. The fourth-order valence-corrected chi connectivity index (χ4v) is 4.38. The summed E-state index contributed by atoms with van der Waals surface area (Å²) in [6, 6.07) is 12.7. The minimum Gasteiger partial charge on any atom is -0.489 e. The predicted octanol–water partition coefficient (Wildman–Crippen LogP) is 5.19. The van der Waals surface area contributed by atoms with Gasteiger partial charge in [0.25, 0.3) is 0 Å². The van der Waals surface area contributed by atoms with Gasteiger partial charge >= 0.3 is 0 Å². The zero-order chi connectivity index (χ0) is 18.1. The third-order valence-electron chi connectivity index (χ3n) is 4.66. The topological polar surface area (TPSA) is 47.0 Å². The van der Waals surface area contributed by atoms with Gasteiger partial charge in [-0.15, -0.1) is 10.2 Å². The summed E-state index contributed by atoms with van der Waals surface area (Å²) in [7, 11) is 1.91. The number of rotatable bonds is 5. The zero-order valence-corrected chi connectivity index (χ0v) is 16.2. The summed E-state index contributed by atoms with van der Waals surface area (Å²) in [6.45, 7) is 4.06. The summed E-state index contributed by atoms with van der Waals surface area (Å²) in [5.74, 6) is 0.858. The Morgan fingerprint density at radius 2 is 1.92 bits per heavy atom. The first-order chi connectivity index (χ1) is 12.7. The van der Waals surface area contributed by atoms with Crippen LogP contribution >= 0.6 is 11.3 Å². The molecule has 0 amide bonds. The average molecular weight is 366 g/mol. The highest BCUT2D eigenvalue weighted by molar-refractivity contribution is 7.17. The summed E-state index contributed by atoms with van der Waals surface area (Å²) < 4.78 is 5.86. The average Bonchev–Trinajstić information content (AvgIpc) is 3.30. The maximum atomic E-state index is 5.86. The second-order valence-electron chi connectivity index (χ2n) is 6.84. The van der Waals surface area contributed by atoms with Gasteiger partial charge in [0.15, 0.2) is 0 Å². The molecule has 5 heteroatoms. The number of nitrogens with one attached hydrogen (secondary N) is 1. The molecule has 3 aromatic rings. The first-order valence-corrected chi connectivity index (χ1v) is 9.91. The Kier molecular flexibility index (Phi) is 4.64. The molecule has 2 aromatic carbocycles. The van der Waals surface area contributed by atoms with E-state index in [-0.39, 0.29) is 6.10 Å². The van der Waals surface area contributed by atoms with Crippen LogP contribution in [-0.4, -0.2) is 23.3 Å². The Hall–Kier alpha value is -2.40. The molecular formula is C21H23N3OS. The van der Waals surface area contributed by atoms with Gasteiger partial charge < -0.3 is 10.1 Å². The van der Waals surface area contributed by atoms with Crippen LogP contribution in [0.15, 0.2) is 36.4 Å². The van der Waals surface area contributed by atoms with Crippen LogP contribution in [0.2, 0.25) is 0 Å². The molecule has 4 nitrogen and oxygen atoms in total. The molecule has 0 bridgehead atoms. The monoisotopic (exact) mass is 365 g/mol. The molecule has 0 spiro atoms. The van der Waals surface area contributed by atoms with Gasteiger partial charge in [-0.25, -0.2) is 0 Å². The van der Waals surface area contributed by atoms with Crippen LogP contribution in [0.1, 0.15) is 31.4 Å². The van der Waals surface area contributed by atoms with Crippen molar-refractivity contribution in [2.24, 2.45) is 0 Å². The lowest BCUT2D eigenvalue weighted by atomic mass is 10.0. The van der Waals surface area contributed by atoms with E-state index in [1.807, 2.05) is 27.0 Å². The van der Waals surface area contributed by atoms with Crippen molar-refractivity contribution in [2.75, 3.05) is 12.4 Å². The van der Waals surface area contributed by atoms with E-state index < -0.39 is 0 Å². The van der Waals surface area contributed by atoms with Gasteiger partial charge in [-0.2, -0.15) is 0 Å². The number of benzene rings is 2. The van der Waals surface area contributed by atoms with Gasteiger partial charge in [0.05, 0.1) is 11.8 Å². The van der Waals surface area contributed by atoms with Crippen LogP contribution in [0.25, 0.3) is 21.1 Å². The summed E-state index contributed by atoms with van der Waals surface area (Å²) in [4.78, 5) is 0. The molecule has 134 valence electrons. The van der Waals surface area contributed by atoms with Crippen LogP contribution in [0, 0.1) is 0 Å². The molecule has 1 heterocycles. The molecule has 0 unspecified atom stereocenters. The van der Waals surface area contributed by atoms with Gasteiger partial charge in [0, 0.05) is 18.2 Å². The maximum Gasteiger partial charge on any atom is 0.148 e. The van der Waals surface area contributed by atoms with Gasteiger partial charge in [-0.1, -0.05) is 29.5 Å². The highest BCUT2D eigenvalue weighted by Gasteiger charge is 2.18. The molecule has 1 N–H and O–H groups in total. The standard InChI is InChI=1S/C21H23N3OS/c1-13(2)25-19-11-10-15(12-18(19)22-3)20-23-24-21(26-20)17-9-5-7-14-6-4-8-16(14)17/h5,7,9-13,22H,4,6,8H2,1-3H3. The highest BCUT2D eigenvalue weighted by Crippen LogP contribution is 2.37. The van der Waals surface area contributed by atoms with Crippen molar-refractivity contribution in [3.63, 3.8) is 0 Å². The Labute approximate surface area is 158 Å². The number of hydrogen-bond acceptors (Lipinski definition) is 5. The van der Waals surface area contributed by atoms with Crippen LogP contribution in [0.5, 0.6) is 5.75 Å². The number of hydrogen-bond donors (Lipinski definition) is 1. The number of nitrogens with zero attached hydrogens (tertiary/aromatic N) is 2. The lowest BCUT2D eigenvalue weighted by Gasteiger charge is -2.14. The van der Waals surface area contributed by atoms with E-state index in [0.29, 0.717) is 0 Å². The first-order valence-electron chi connectivity index (χ1n) is 9.09. The molecule has 4 rings (SSSR count). The number of anilines is 1. The molecule has 0 radical (unpaired) electrons. The van der Waals surface area contributed by atoms with E-state index in [1.165, 1.54) is 29.5 Å². The van der Waals surface area contributed by atoms with E-state index in [1.54, 1.807) is 11.3 Å². The summed E-state index contributed by atoms with van der Waals surface area (Å²) in [5, 5.41) is 14.1. The smallest absolute Gasteiger partial charge is 0.148 e. The van der Waals surface area contributed by atoms with Crippen molar-refractivity contribution in [3.05, 3.63) is 47.5 Å². The summed E-state index contributed by atoms with van der Waals surface area (Å²) in [5.41, 5.74) is 6.19. The van der Waals surface area contributed by atoms with E-state index >= 15 is 0 Å². The van der Waals surface area contributed by atoms with E-state index in [0.717, 1.165) is 33.4 Å². The lowest BCUT2D eigenvalue weighted by molar-refractivity contribution is 0.244. The number of fused-ring (bicyclic) bond motifs is 1. The molecule has 0 saturated carbocycles. The van der Waals surface area contributed by atoms with Crippen molar-refractivity contribution >= 4 is 17.0 Å². The van der Waals surface area contributed by atoms with E-state index in [4.69, 9.17) is 4.74 Å². The third-order valence-corrected chi connectivity index (χ3v) is 5.67. The normalized spacial score (nSPS) is 13.1. The van der Waals surface area contributed by atoms with E-state index in [9.17, 15) is 0 Å². The van der Waals surface area contributed by atoms with E-state index in [2.05, 4.69) is 45.8 Å². The van der Waals surface area contributed by atoms with Crippen molar-refractivity contribution in [1.29, 1.82) is 0 Å². The quantitative estimate of drug-likeness (QED) is 0.676. The van der Waals surface area contributed by atoms with Gasteiger partial charge in [0.1, 0.15) is 15.8 Å². The Morgan fingerprint density at radius 1 is 1.08 bits per heavy atom. The molecule has 0 atom stereocenters. The highest BCUT2D eigenvalue weighted by atomic mass is 32.1. The largest absolute Gasteiger partial charge is 0.489 e. The Balaban J connectivity index is 1.68. The zero-order valence-electron chi connectivity index (χ0n) is 15.4. The maximum absolute atomic E-state index is 5.86. The predicted molar refractivity (Wildman–Crippen MR) is 108 cm³/mol. The number of ether oxygens (including phenoxy) is 1. The minimum atomic E-state index is 0.140. The molecule has 26 heavy (non-hydrogen) atoms. The van der Waals surface area contributed by atoms with Crippen LogP contribution in [0.4, 0.5) is 5.69 Å². The van der Waals surface area contributed by atoms with Gasteiger partial charge in [-0.05, 0) is 62.4 Å². The Morgan fingerprint density at radius 3 is 2.73 bits per heavy atom. The Bertz CT molecular complexity index is 933.